The number of nitrogens with zero attached hydrogens (tertiary/aromatic N) is 3. The van der Waals surface area contributed by atoms with Crippen LogP contribution in [0.2, 0.25) is 0 Å². The summed E-state index contributed by atoms with van der Waals surface area (Å²) in [5, 5.41) is 7.77. The summed E-state index contributed by atoms with van der Waals surface area (Å²) in [4.78, 5) is 2.47. The van der Waals surface area contributed by atoms with E-state index in [2.05, 4.69) is 220 Å². The van der Waals surface area contributed by atoms with Gasteiger partial charge in [-0.25, -0.2) is 0 Å². The molecule has 268 valence electrons. The van der Waals surface area contributed by atoms with Gasteiger partial charge in [0.1, 0.15) is 0 Å². The Morgan fingerprint density at radius 2 is 1.11 bits per heavy atom. The summed E-state index contributed by atoms with van der Waals surface area (Å²) in [6.45, 7) is 0. The van der Waals surface area contributed by atoms with E-state index in [1.807, 2.05) is 0 Å². The first-order valence-corrected chi connectivity index (χ1v) is 19.9. The molecule has 0 saturated heterocycles. The number of benzene rings is 8. The van der Waals surface area contributed by atoms with Gasteiger partial charge in [-0.2, -0.15) is 0 Å². The number of rotatable bonds is 6. The molecule has 3 nitrogen and oxygen atoms in total. The van der Waals surface area contributed by atoms with Crippen LogP contribution in [-0.2, 0) is 0 Å². The van der Waals surface area contributed by atoms with Crippen molar-refractivity contribution in [3.8, 4) is 16.8 Å². The first kappa shape index (κ1) is 31.9. The summed E-state index contributed by atoms with van der Waals surface area (Å²) in [5.41, 5.74) is 14.7. The summed E-state index contributed by atoms with van der Waals surface area (Å²) >= 11 is 0. The molecule has 0 bridgehead atoms. The van der Waals surface area contributed by atoms with Crippen molar-refractivity contribution in [2.75, 3.05) is 4.90 Å². The molecule has 0 spiro atoms. The Morgan fingerprint density at radius 1 is 0.474 bits per heavy atom. The van der Waals surface area contributed by atoms with Crippen molar-refractivity contribution in [1.29, 1.82) is 0 Å². The predicted octanol–water partition coefficient (Wildman–Crippen LogP) is 14.4. The van der Waals surface area contributed by atoms with Gasteiger partial charge in [0.05, 0.1) is 33.3 Å². The Kier molecular flexibility index (Phi) is 7.05. The van der Waals surface area contributed by atoms with Crippen LogP contribution in [0, 0.1) is 0 Å². The highest BCUT2D eigenvalue weighted by atomic mass is 15.2. The Labute approximate surface area is 330 Å². The van der Waals surface area contributed by atoms with E-state index in [4.69, 9.17) is 0 Å². The minimum absolute atomic E-state index is 0.271. The molecule has 0 saturated carbocycles. The van der Waals surface area contributed by atoms with E-state index in [0.717, 1.165) is 17.8 Å². The molecule has 1 unspecified atom stereocenters. The van der Waals surface area contributed by atoms with Gasteiger partial charge >= 0.3 is 0 Å². The van der Waals surface area contributed by atoms with Crippen molar-refractivity contribution in [2.45, 2.75) is 12.3 Å². The molecule has 0 aliphatic heterocycles. The molecule has 1 aliphatic rings. The van der Waals surface area contributed by atoms with E-state index in [1.165, 1.54) is 88.0 Å². The summed E-state index contributed by atoms with van der Waals surface area (Å²) in [6, 6.07) is 68.7. The normalized spacial score (nSPS) is 14.5. The summed E-state index contributed by atoms with van der Waals surface area (Å²) in [6.07, 6.45) is 8.11. The molecule has 1 atom stereocenters. The van der Waals surface area contributed by atoms with Crippen molar-refractivity contribution in [3.63, 3.8) is 0 Å². The lowest BCUT2D eigenvalue weighted by Crippen LogP contribution is -2.17. The zero-order valence-corrected chi connectivity index (χ0v) is 31.3. The lowest BCUT2D eigenvalue weighted by molar-refractivity contribution is 0.841. The molecule has 12 rings (SSSR count). The second kappa shape index (κ2) is 12.6. The molecule has 0 fully saturated rings. The van der Waals surface area contributed by atoms with Crippen LogP contribution >= 0.6 is 0 Å². The number of hydrogen-bond acceptors (Lipinski definition) is 1. The van der Waals surface area contributed by atoms with Gasteiger partial charge in [0, 0.05) is 55.3 Å². The van der Waals surface area contributed by atoms with Crippen LogP contribution in [0.4, 0.5) is 11.4 Å². The van der Waals surface area contributed by atoms with Gasteiger partial charge in [0.25, 0.3) is 0 Å². The average Bonchev–Trinajstić information content (AvgIpc) is 3.93. The van der Waals surface area contributed by atoms with E-state index >= 15 is 0 Å². The zero-order valence-electron chi connectivity index (χ0n) is 31.3. The van der Waals surface area contributed by atoms with Crippen LogP contribution in [0.3, 0.4) is 0 Å². The maximum atomic E-state index is 2.47. The fourth-order valence-electron chi connectivity index (χ4n) is 9.61. The number of aromatic nitrogens is 2. The molecule has 3 heterocycles. The fourth-order valence-corrected chi connectivity index (χ4v) is 9.61. The lowest BCUT2D eigenvalue weighted by atomic mass is 9.90. The minimum atomic E-state index is 0.271. The Hall–Kier alpha value is -7.36. The molecular formula is C54H37N3. The molecule has 57 heavy (non-hydrogen) atoms. The van der Waals surface area contributed by atoms with Crippen molar-refractivity contribution in [1.82, 2.24) is 8.97 Å². The maximum absolute atomic E-state index is 2.47. The molecule has 0 N–H and O–H groups in total. The van der Waals surface area contributed by atoms with Gasteiger partial charge in [-0.3, -0.25) is 0 Å². The van der Waals surface area contributed by atoms with Gasteiger partial charge < -0.3 is 13.9 Å². The highest BCUT2D eigenvalue weighted by Gasteiger charge is 2.24. The van der Waals surface area contributed by atoms with E-state index < -0.39 is 0 Å². The van der Waals surface area contributed by atoms with Gasteiger partial charge in [-0.15, -0.1) is 0 Å². The van der Waals surface area contributed by atoms with Crippen molar-refractivity contribution < 1.29 is 0 Å². The molecule has 3 heteroatoms. The van der Waals surface area contributed by atoms with Crippen LogP contribution in [0.5, 0.6) is 0 Å². The molecule has 0 radical (unpaired) electrons. The molecule has 11 aromatic rings. The third-order valence-electron chi connectivity index (χ3n) is 12.2. The largest absolute Gasteiger partial charge is 0.310 e. The van der Waals surface area contributed by atoms with Crippen molar-refractivity contribution in [2.24, 2.45) is 0 Å². The molecular weight excluding hydrogens is 691 g/mol. The number of para-hydroxylation sites is 4. The topological polar surface area (TPSA) is 12.6 Å². The van der Waals surface area contributed by atoms with Gasteiger partial charge in [0.2, 0.25) is 0 Å². The zero-order chi connectivity index (χ0) is 37.5. The van der Waals surface area contributed by atoms with Crippen LogP contribution in [0.15, 0.2) is 212 Å². The molecule has 0 amide bonds. The van der Waals surface area contributed by atoms with E-state index in [0.29, 0.717) is 0 Å². The van der Waals surface area contributed by atoms with Crippen LogP contribution in [0.1, 0.15) is 17.9 Å². The van der Waals surface area contributed by atoms with Gasteiger partial charge in [0.15, 0.2) is 0 Å². The third-order valence-corrected chi connectivity index (χ3v) is 12.2. The van der Waals surface area contributed by atoms with Crippen LogP contribution in [0.25, 0.3) is 76.7 Å². The third kappa shape index (κ3) is 4.85. The minimum Gasteiger partial charge on any atom is -0.310 e. The Balaban J connectivity index is 0.986. The highest BCUT2D eigenvalue weighted by molar-refractivity contribution is 6.23. The second-order valence-electron chi connectivity index (χ2n) is 15.3. The summed E-state index contributed by atoms with van der Waals surface area (Å²) < 4.78 is 4.86. The van der Waals surface area contributed by atoms with Crippen molar-refractivity contribution >= 4 is 71.3 Å². The summed E-state index contributed by atoms with van der Waals surface area (Å²) in [5.74, 6) is 0.271. The van der Waals surface area contributed by atoms with Gasteiger partial charge in [-0.1, -0.05) is 140 Å². The maximum Gasteiger partial charge on any atom is 0.0620 e. The first-order chi connectivity index (χ1) is 28.3. The van der Waals surface area contributed by atoms with E-state index in [9.17, 15) is 0 Å². The van der Waals surface area contributed by atoms with Crippen LogP contribution in [-0.4, -0.2) is 8.97 Å². The Bertz CT molecular complexity index is 3360. The number of anilines is 2. The monoisotopic (exact) mass is 727 g/mol. The average molecular weight is 728 g/mol. The SMILES string of the molecule is C1=CC(c2ccc3c(c2)c2cccc4c5ccccc5n3c42)CC=C1N(c1ccc(-c2ccccc2)cc1)c1cccc2c1c1ccccc1n2-c1ccccc1. The Morgan fingerprint density at radius 3 is 1.89 bits per heavy atom. The quantitative estimate of drug-likeness (QED) is 0.166. The fraction of sp³-hybridized carbons (Fsp3) is 0.0370. The highest BCUT2D eigenvalue weighted by Crippen LogP contribution is 2.45. The smallest absolute Gasteiger partial charge is 0.0620 e. The van der Waals surface area contributed by atoms with Crippen molar-refractivity contribution in [3.05, 3.63) is 218 Å². The first-order valence-electron chi connectivity index (χ1n) is 19.9. The van der Waals surface area contributed by atoms with Gasteiger partial charge in [-0.05, 0) is 89.9 Å². The molecule has 1 aliphatic carbocycles. The predicted molar refractivity (Wildman–Crippen MR) is 240 cm³/mol. The standard InChI is InChI=1S/C54H37N3/c1-3-13-36(14-4-1)37-25-30-41(31-26-37)55(51-23-12-24-52-53(51)46-18-8-10-22-49(46)56(52)40-15-5-2-6-16-40)42-32-27-38(28-33-42)39-29-34-50-47(35-39)45-20-11-19-44-43-17-7-9-21-48(43)57(50)54(44)45/h1-27,29-35,38H,28H2. The van der Waals surface area contributed by atoms with Crippen LogP contribution < -0.4 is 4.90 Å². The summed E-state index contributed by atoms with van der Waals surface area (Å²) in [7, 11) is 0. The number of allylic oxidation sites excluding steroid dienone is 3. The second-order valence-corrected chi connectivity index (χ2v) is 15.3. The molecule has 8 aromatic carbocycles. The van der Waals surface area contributed by atoms with E-state index in [-0.39, 0.29) is 5.92 Å². The lowest BCUT2D eigenvalue weighted by Gasteiger charge is -2.30. The number of fused-ring (bicyclic) bond motifs is 9. The van der Waals surface area contributed by atoms with E-state index in [1.54, 1.807) is 0 Å². The molecule has 3 aromatic heterocycles. The number of hydrogen-bond donors (Lipinski definition) is 0.